The molecule has 4 rings (SSSR count). The van der Waals surface area contributed by atoms with Crippen molar-refractivity contribution in [2.45, 2.75) is 6.92 Å². The van der Waals surface area contributed by atoms with Gasteiger partial charge in [0.1, 0.15) is 17.3 Å². The van der Waals surface area contributed by atoms with Gasteiger partial charge in [0.15, 0.2) is 0 Å². The third-order valence-corrected chi connectivity index (χ3v) is 5.16. The number of nitrogens with one attached hydrogen (secondary N) is 1. The highest BCUT2D eigenvalue weighted by molar-refractivity contribution is 7.20. The van der Waals surface area contributed by atoms with Crippen molar-refractivity contribution in [2.24, 2.45) is 0 Å². The number of fused-ring (bicyclic) bond motifs is 1. The Labute approximate surface area is 165 Å². The highest BCUT2D eigenvalue weighted by Crippen LogP contribution is 2.28. The maximum atomic E-state index is 12.8. The monoisotopic (exact) mass is 394 g/mol. The van der Waals surface area contributed by atoms with E-state index in [0.717, 1.165) is 15.9 Å². The van der Waals surface area contributed by atoms with Gasteiger partial charge in [0.05, 0.1) is 30.1 Å². The fourth-order valence-electron chi connectivity index (χ4n) is 2.81. The van der Waals surface area contributed by atoms with Crippen LogP contribution in [0.25, 0.3) is 15.3 Å². The Morgan fingerprint density at radius 1 is 1.07 bits per heavy atom. The number of hydrogen-bond acceptors (Lipinski definition) is 6. The Balaban J connectivity index is 1.68. The molecule has 2 aromatic carbocycles. The summed E-state index contributed by atoms with van der Waals surface area (Å²) >= 11 is 1.51. The van der Waals surface area contributed by atoms with Crippen LogP contribution in [0.15, 0.2) is 48.5 Å². The molecule has 2 heterocycles. The number of anilines is 1. The number of para-hydroxylation sites is 1. The third-order valence-electron chi connectivity index (χ3n) is 4.15. The number of carbonyl (C=O) groups is 1. The quantitative estimate of drug-likeness (QED) is 0.552. The van der Waals surface area contributed by atoms with Crippen molar-refractivity contribution < 1.29 is 14.3 Å². The molecule has 1 N–H and O–H groups in total. The highest BCUT2D eigenvalue weighted by Gasteiger charge is 2.16. The van der Waals surface area contributed by atoms with E-state index in [1.54, 1.807) is 43.2 Å². The zero-order valence-electron chi connectivity index (χ0n) is 15.6. The van der Waals surface area contributed by atoms with E-state index >= 15 is 0 Å². The van der Waals surface area contributed by atoms with Crippen molar-refractivity contribution in [3.63, 3.8) is 0 Å². The average Bonchev–Trinajstić information content (AvgIpc) is 3.30. The molecule has 0 aliphatic rings. The van der Waals surface area contributed by atoms with Crippen molar-refractivity contribution >= 4 is 33.3 Å². The smallest absolute Gasteiger partial charge is 0.257 e. The van der Waals surface area contributed by atoms with E-state index in [9.17, 15) is 4.79 Å². The fourth-order valence-corrected chi connectivity index (χ4v) is 3.74. The van der Waals surface area contributed by atoms with Gasteiger partial charge in [0.25, 0.3) is 5.91 Å². The standard InChI is InChI=1S/C20H18N4O3S/c1-12-8-18(22-19(25)13-9-14(26-2)11-15(10-13)27-3)24(23-12)20-21-16-6-4-5-7-17(16)28-20/h4-11H,1-3H3,(H,22,25). The van der Waals surface area contributed by atoms with Crippen LogP contribution in [0.4, 0.5) is 5.82 Å². The number of aromatic nitrogens is 3. The molecule has 0 aliphatic carbocycles. The van der Waals surface area contributed by atoms with Crippen LogP contribution in [0, 0.1) is 6.92 Å². The van der Waals surface area contributed by atoms with Crippen LogP contribution in [0.2, 0.25) is 0 Å². The molecule has 0 radical (unpaired) electrons. The van der Waals surface area contributed by atoms with Gasteiger partial charge in [-0.2, -0.15) is 9.78 Å². The topological polar surface area (TPSA) is 78.3 Å². The van der Waals surface area contributed by atoms with Crippen molar-refractivity contribution in [2.75, 3.05) is 19.5 Å². The number of benzene rings is 2. The lowest BCUT2D eigenvalue weighted by Crippen LogP contribution is -2.15. The van der Waals surface area contributed by atoms with Gasteiger partial charge in [0, 0.05) is 17.7 Å². The van der Waals surface area contributed by atoms with Gasteiger partial charge < -0.3 is 14.8 Å². The number of carbonyl (C=O) groups excluding carboxylic acids is 1. The van der Waals surface area contributed by atoms with Crippen LogP contribution in [-0.4, -0.2) is 34.9 Å². The van der Waals surface area contributed by atoms with Crippen LogP contribution >= 0.6 is 11.3 Å². The van der Waals surface area contributed by atoms with Crippen LogP contribution in [0.5, 0.6) is 11.5 Å². The lowest BCUT2D eigenvalue weighted by atomic mass is 10.2. The molecular weight excluding hydrogens is 376 g/mol. The van der Waals surface area contributed by atoms with Gasteiger partial charge in [-0.25, -0.2) is 4.98 Å². The number of thiazole rings is 1. The second-order valence-electron chi connectivity index (χ2n) is 6.10. The van der Waals surface area contributed by atoms with Crippen LogP contribution in [0.1, 0.15) is 16.1 Å². The molecule has 142 valence electrons. The lowest BCUT2D eigenvalue weighted by molar-refractivity contribution is 0.102. The van der Waals surface area contributed by atoms with E-state index < -0.39 is 0 Å². The second kappa shape index (κ2) is 7.32. The molecule has 0 saturated heterocycles. The van der Waals surface area contributed by atoms with Crippen molar-refractivity contribution in [3.8, 4) is 16.6 Å². The minimum atomic E-state index is -0.292. The molecule has 0 fully saturated rings. The van der Waals surface area contributed by atoms with E-state index in [-0.39, 0.29) is 5.91 Å². The summed E-state index contributed by atoms with van der Waals surface area (Å²) in [7, 11) is 3.09. The number of aryl methyl sites for hydroxylation is 1. The maximum absolute atomic E-state index is 12.8. The van der Waals surface area contributed by atoms with E-state index in [1.165, 1.54) is 11.3 Å². The fraction of sp³-hybridized carbons (Fsp3) is 0.150. The molecule has 0 unspecified atom stereocenters. The Bertz CT molecular complexity index is 1110. The summed E-state index contributed by atoms with van der Waals surface area (Å²) in [5, 5.41) is 8.09. The number of hydrogen-bond donors (Lipinski definition) is 1. The SMILES string of the molecule is COc1cc(OC)cc(C(=O)Nc2cc(C)nn2-c2nc3ccccc3s2)c1. The molecule has 0 saturated carbocycles. The number of amides is 1. The molecule has 0 bridgehead atoms. The molecule has 28 heavy (non-hydrogen) atoms. The molecular formula is C20H18N4O3S. The van der Waals surface area contributed by atoms with E-state index in [2.05, 4.69) is 15.4 Å². The van der Waals surface area contributed by atoms with Crippen LogP contribution < -0.4 is 14.8 Å². The number of ether oxygens (including phenoxy) is 2. The summed E-state index contributed by atoms with van der Waals surface area (Å²) < 4.78 is 13.2. The van der Waals surface area contributed by atoms with Gasteiger partial charge in [0.2, 0.25) is 5.13 Å². The molecule has 0 atom stereocenters. The third kappa shape index (κ3) is 3.41. The predicted molar refractivity (Wildman–Crippen MR) is 109 cm³/mol. The maximum Gasteiger partial charge on any atom is 0.257 e. The average molecular weight is 394 g/mol. The zero-order valence-corrected chi connectivity index (χ0v) is 16.4. The van der Waals surface area contributed by atoms with Crippen LogP contribution in [0.3, 0.4) is 0 Å². The van der Waals surface area contributed by atoms with Crippen molar-refractivity contribution in [1.29, 1.82) is 0 Å². The molecule has 8 heteroatoms. The first-order chi connectivity index (χ1) is 13.6. The van der Waals surface area contributed by atoms with E-state index in [0.29, 0.717) is 28.0 Å². The summed E-state index contributed by atoms with van der Waals surface area (Å²) in [6.45, 7) is 1.87. The van der Waals surface area contributed by atoms with Gasteiger partial charge in [-0.1, -0.05) is 23.5 Å². The number of methoxy groups -OCH3 is 2. The minimum Gasteiger partial charge on any atom is -0.497 e. The Hall–Kier alpha value is -3.39. The summed E-state index contributed by atoms with van der Waals surface area (Å²) in [6, 6.07) is 14.7. The molecule has 4 aromatic rings. The molecule has 2 aromatic heterocycles. The highest BCUT2D eigenvalue weighted by atomic mass is 32.1. The summed E-state index contributed by atoms with van der Waals surface area (Å²) in [6.07, 6.45) is 0. The van der Waals surface area contributed by atoms with E-state index in [4.69, 9.17) is 9.47 Å². The summed E-state index contributed by atoms with van der Waals surface area (Å²) in [4.78, 5) is 17.5. The van der Waals surface area contributed by atoms with Gasteiger partial charge in [-0.3, -0.25) is 4.79 Å². The van der Waals surface area contributed by atoms with Gasteiger partial charge in [-0.15, -0.1) is 0 Å². The van der Waals surface area contributed by atoms with Crippen molar-refractivity contribution in [1.82, 2.24) is 14.8 Å². The number of rotatable bonds is 5. The van der Waals surface area contributed by atoms with Crippen molar-refractivity contribution in [3.05, 3.63) is 59.8 Å². The van der Waals surface area contributed by atoms with Gasteiger partial charge in [-0.05, 0) is 31.2 Å². The molecule has 0 spiro atoms. The summed E-state index contributed by atoms with van der Waals surface area (Å²) in [5.41, 5.74) is 2.09. The Kier molecular flexibility index (Phi) is 4.70. The first-order valence-corrected chi connectivity index (χ1v) is 9.36. The predicted octanol–water partition coefficient (Wildman–Crippen LogP) is 4.06. The second-order valence-corrected chi connectivity index (χ2v) is 7.11. The lowest BCUT2D eigenvalue weighted by Gasteiger charge is -2.09. The first-order valence-electron chi connectivity index (χ1n) is 8.54. The number of nitrogens with zero attached hydrogens (tertiary/aromatic N) is 3. The minimum absolute atomic E-state index is 0.292. The van der Waals surface area contributed by atoms with E-state index in [1.807, 2.05) is 31.2 Å². The van der Waals surface area contributed by atoms with Crippen LogP contribution in [-0.2, 0) is 0 Å². The largest absolute Gasteiger partial charge is 0.497 e. The molecule has 0 aliphatic heterocycles. The molecule has 1 amide bonds. The Morgan fingerprint density at radius 2 is 1.79 bits per heavy atom. The zero-order chi connectivity index (χ0) is 19.7. The molecule has 7 nitrogen and oxygen atoms in total. The Morgan fingerprint density at radius 3 is 2.46 bits per heavy atom. The summed E-state index contributed by atoms with van der Waals surface area (Å²) in [5.74, 6) is 1.34. The first kappa shape index (κ1) is 18.0. The van der Waals surface area contributed by atoms with Gasteiger partial charge >= 0.3 is 0 Å². The normalized spacial score (nSPS) is 10.8.